The van der Waals surface area contributed by atoms with Crippen molar-refractivity contribution in [2.45, 2.75) is 13.3 Å². The number of phenolic OH excluding ortho intramolecular Hbond substituents is 1. The number of hydrogen-bond acceptors (Lipinski definition) is 3. The Balaban J connectivity index is 2.06. The minimum atomic E-state index is -0.302. The quantitative estimate of drug-likeness (QED) is 0.701. The number of carbonyl (C=O) groups is 1. The van der Waals surface area contributed by atoms with Gasteiger partial charge in [-0.25, -0.2) is 4.98 Å². The van der Waals surface area contributed by atoms with Gasteiger partial charge in [-0.3, -0.25) is 9.20 Å². The number of aryl methyl sites for hydroxylation is 1. The molecule has 0 saturated carbocycles. The molecule has 112 valence electrons. The molecule has 0 aliphatic carbocycles. The van der Waals surface area contributed by atoms with Gasteiger partial charge >= 0.3 is 0 Å². The van der Waals surface area contributed by atoms with Crippen LogP contribution in [0.2, 0.25) is 0 Å². The first-order valence-corrected chi connectivity index (χ1v) is 7.65. The Bertz CT molecular complexity index is 858. The second-order valence-corrected chi connectivity index (χ2v) is 5.72. The maximum absolute atomic E-state index is 12.6. The molecule has 3 rings (SSSR count). The van der Waals surface area contributed by atoms with E-state index in [1.807, 2.05) is 19.1 Å². The standard InChI is InChI=1S/C16H14BrN3O2/c1-2-11-15(20-9-10(17)7-8-14(20)18-11)16(22)19-12-5-3-4-6-13(12)21/h3-9,21H,2H2,1H3,(H,19,22). The highest BCUT2D eigenvalue weighted by Gasteiger charge is 2.19. The molecule has 2 aromatic heterocycles. The average Bonchev–Trinajstić information content (AvgIpc) is 2.87. The van der Waals surface area contributed by atoms with Crippen molar-refractivity contribution in [2.75, 3.05) is 5.32 Å². The number of nitrogens with zero attached hydrogens (tertiary/aromatic N) is 2. The molecule has 0 fully saturated rings. The van der Waals surface area contributed by atoms with Gasteiger partial charge in [0.25, 0.3) is 5.91 Å². The van der Waals surface area contributed by atoms with E-state index in [0.29, 0.717) is 29.1 Å². The van der Waals surface area contributed by atoms with Crippen LogP contribution in [0.25, 0.3) is 5.65 Å². The number of anilines is 1. The average molecular weight is 360 g/mol. The summed E-state index contributed by atoms with van der Waals surface area (Å²) in [5.41, 5.74) is 2.27. The number of imidazole rings is 1. The van der Waals surface area contributed by atoms with Crippen LogP contribution in [0.15, 0.2) is 47.1 Å². The highest BCUT2D eigenvalue weighted by molar-refractivity contribution is 9.10. The first-order chi connectivity index (χ1) is 10.6. The number of amides is 1. The molecule has 0 aliphatic heterocycles. The van der Waals surface area contributed by atoms with Crippen LogP contribution in [0.4, 0.5) is 5.69 Å². The lowest BCUT2D eigenvalue weighted by atomic mass is 10.2. The zero-order chi connectivity index (χ0) is 15.7. The molecule has 5 nitrogen and oxygen atoms in total. The number of hydrogen-bond donors (Lipinski definition) is 2. The first-order valence-electron chi connectivity index (χ1n) is 6.86. The summed E-state index contributed by atoms with van der Waals surface area (Å²) in [6.07, 6.45) is 2.45. The molecule has 0 spiro atoms. The molecule has 0 bridgehead atoms. The maximum atomic E-state index is 12.6. The van der Waals surface area contributed by atoms with Crippen LogP contribution < -0.4 is 5.32 Å². The van der Waals surface area contributed by atoms with Crippen molar-refractivity contribution < 1.29 is 9.90 Å². The van der Waals surface area contributed by atoms with E-state index in [1.165, 1.54) is 6.07 Å². The van der Waals surface area contributed by atoms with Crippen molar-refractivity contribution >= 4 is 33.2 Å². The van der Waals surface area contributed by atoms with E-state index >= 15 is 0 Å². The predicted molar refractivity (Wildman–Crippen MR) is 88.3 cm³/mol. The van der Waals surface area contributed by atoms with Gasteiger partial charge in [0.15, 0.2) is 0 Å². The molecule has 0 radical (unpaired) electrons. The summed E-state index contributed by atoms with van der Waals surface area (Å²) in [6, 6.07) is 10.4. The van der Waals surface area contributed by atoms with Gasteiger partial charge in [-0.1, -0.05) is 19.1 Å². The van der Waals surface area contributed by atoms with E-state index in [4.69, 9.17) is 0 Å². The molecule has 2 N–H and O–H groups in total. The number of carbonyl (C=O) groups excluding carboxylic acids is 1. The zero-order valence-corrected chi connectivity index (χ0v) is 13.5. The summed E-state index contributed by atoms with van der Waals surface area (Å²) < 4.78 is 2.61. The molecule has 22 heavy (non-hydrogen) atoms. The van der Waals surface area contributed by atoms with Gasteiger partial charge in [0.1, 0.15) is 17.1 Å². The number of aromatic hydroxyl groups is 1. The highest BCUT2D eigenvalue weighted by atomic mass is 79.9. The summed E-state index contributed by atoms with van der Waals surface area (Å²) in [6.45, 7) is 1.95. The van der Waals surface area contributed by atoms with E-state index < -0.39 is 0 Å². The first kappa shape index (κ1) is 14.6. The molecule has 1 aromatic carbocycles. The van der Waals surface area contributed by atoms with Crippen LogP contribution in [-0.4, -0.2) is 20.4 Å². The molecule has 0 saturated heterocycles. The van der Waals surface area contributed by atoms with E-state index in [1.54, 1.807) is 28.8 Å². The van der Waals surface area contributed by atoms with Crippen molar-refractivity contribution in [3.63, 3.8) is 0 Å². The third-order valence-corrected chi connectivity index (χ3v) is 3.83. The Morgan fingerprint density at radius 1 is 1.32 bits per heavy atom. The van der Waals surface area contributed by atoms with E-state index in [-0.39, 0.29) is 11.7 Å². The molecule has 3 aromatic rings. The number of nitrogens with one attached hydrogen (secondary N) is 1. The number of halogens is 1. The van der Waals surface area contributed by atoms with E-state index in [0.717, 1.165) is 4.47 Å². The SMILES string of the molecule is CCc1nc2ccc(Br)cn2c1C(=O)Nc1ccccc1O. The van der Waals surface area contributed by atoms with Crippen LogP contribution in [0.3, 0.4) is 0 Å². The number of rotatable bonds is 3. The van der Waals surface area contributed by atoms with Crippen molar-refractivity contribution in [3.05, 3.63) is 58.5 Å². The molecule has 6 heteroatoms. The zero-order valence-electron chi connectivity index (χ0n) is 11.9. The predicted octanol–water partition coefficient (Wildman–Crippen LogP) is 3.62. The van der Waals surface area contributed by atoms with Gasteiger partial charge in [0.2, 0.25) is 0 Å². The van der Waals surface area contributed by atoms with Crippen molar-refractivity contribution in [1.29, 1.82) is 0 Å². The normalized spacial score (nSPS) is 10.8. The van der Waals surface area contributed by atoms with Gasteiger partial charge < -0.3 is 10.4 Å². The monoisotopic (exact) mass is 359 g/mol. The Morgan fingerprint density at radius 3 is 2.82 bits per heavy atom. The fourth-order valence-corrected chi connectivity index (χ4v) is 2.65. The summed E-state index contributed by atoms with van der Waals surface area (Å²) in [5, 5.41) is 12.5. The molecule has 0 aliphatic rings. The minimum absolute atomic E-state index is 0.0314. The Hall–Kier alpha value is -2.34. The second-order valence-electron chi connectivity index (χ2n) is 4.81. The highest BCUT2D eigenvalue weighted by Crippen LogP contribution is 2.24. The topological polar surface area (TPSA) is 66.6 Å². The molecular formula is C16H14BrN3O2. The van der Waals surface area contributed by atoms with Crippen LogP contribution in [-0.2, 0) is 6.42 Å². The molecule has 0 atom stereocenters. The van der Waals surface area contributed by atoms with Crippen molar-refractivity contribution in [2.24, 2.45) is 0 Å². The number of pyridine rings is 1. The van der Waals surface area contributed by atoms with Crippen LogP contribution in [0.1, 0.15) is 23.1 Å². The molecule has 0 unspecified atom stereocenters. The lowest BCUT2D eigenvalue weighted by Gasteiger charge is -2.08. The van der Waals surface area contributed by atoms with Crippen LogP contribution >= 0.6 is 15.9 Å². The number of para-hydroxylation sites is 2. The Morgan fingerprint density at radius 2 is 2.09 bits per heavy atom. The van der Waals surface area contributed by atoms with Gasteiger partial charge in [0.05, 0.1) is 11.4 Å². The van der Waals surface area contributed by atoms with Gasteiger partial charge in [-0.2, -0.15) is 0 Å². The number of phenols is 1. The van der Waals surface area contributed by atoms with Crippen LogP contribution in [0, 0.1) is 0 Å². The fraction of sp³-hybridized carbons (Fsp3) is 0.125. The van der Waals surface area contributed by atoms with E-state index in [9.17, 15) is 9.90 Å². The summed E-state index contributed by atoms with van der Waals surface area (Å²) in [4.78, 5) is 17.1. The molecule has 2 heterocycles. The van der Waals surface area contributed by atoms with Gasteiger partial charge in [0, 0.05) is 10.7 Å². The summed E-state index contributed by atoms with van der Waals surface area (Å²) in [7, 11) is 0. The summed E-state index contributed by atoms with van der Waals surface area (Å²) in [5.74, 6) is -0.271. The van der Waals surface area contributed by atoms with Gasteiger partial charge in [-0.05, 0) is 46.6 Å². The molecular weight excluding hydrogens is 346 g/mol. The second kappa shape index (κ2) is 5.81. The smallest absolute Gasteiger partial charge is 0.274 e. The van der Waals surface area contributed by atoms with Crippen LogP contribution in [0.5, 0.6) is 5.75 Å². The largest absolute Gasteiger partial charge is 0.506 e. The third-order valence-electron chi connectivity index (χ3n) is 3.36. The maximum Gasteiger partial charge on any atom is 0.274 e. The minimum Gasteiger partial charge on any atom is -0.506 e. The van der Waals surface area contributed by atoms with E-state index in [2.05, 4.69) is 26.2 Å². The third kappa shape index (κ3) is 2.57. The van der Waals surface area contributed by atoms with Crippen molar-refractivity contribution in [3.8, 4) is 5.75 Å². The number of benzene rings is 1. The number of aromatic nitrogens is 2. The molecule has 1 amide bonds. The van der Waals surface area contributed by atoms with Crippen molar-refractivity contribution in [1.82, 2.24) is 9.38 Å². The summed E-state index contributed by atoms with van der Waals surface area (Å²) >= 11 is 3.41. The Labute approximate surface area is 135 Å². The van der Waals surface area contributed by atoms with Gasteiger partial charge in [-0.15, -0.1) is 0 Å². The Kier molecular flexibility index (Phi) is 3.85. The number of fused-ring (bicyclic) bond motifs is 1. The lowest BCUT2D eigenvalue weighted by Crippen LogP contribution is -2.16. The fourth-order valence-electron chi connectivity index (χ4n) is 2.32. The lowest BCUT2D eigenvalue weighted by molar-refractivity contribution is 0.102.